The molecule has 0 aromatic heterocycles. The molecule has 0 bridgehead atoms. The minimum absolute atomic E-state index is 0.104. The number of carboxylic acid groups (broad SMARTS) is 1. The summed E-state index contributed by atoms with van der Waals surface area (Å²) >= 11 is 0. The van der Waals surface area contributed by atoms with Crippen LogP contribution in [0.1, 0.15) is 46.5 Å². The third kappa shape index (κ3) is 4.02. The molecule has 4 heteroatoms. The van der Waals surface area contributed by atoms with Crippen LogP contribution in [0.4, 0.5) is 0 Å². The summed E-state index contributed by atoms with van der Waals surface area (Å²) in [6, 6.07) is 0. The summed E-state index contributed by atoms with van der Waals surface area (Å²) in [6.45, 7) is 5.87. The number of carbonyl (C=O) groups is 2. The summed E-state index contributed by atoms with van der Waals surface area (Å²) in [5, 5.41) is 8.96. The highest BCUT2D eigenvalue weighted by Gasteiger charge is 2.32. The van der Waals surface area contributed by atoms with E-state index in [0.717, 1.165) is 12.8 Å². The van der Waals surface area contributed by atoms with Crippen LogP contribution in [0.15, 0.2) is 0 Å². The average Bonchev–Trinajstić information content (AvgIpc) is 2.28. The molecule has 98 valence electrons. The van der Waals surface area contributed by atoms with E-state index >= 15 is 0 Å². The Morgan fingerprint density at radius 1 is 1.18 bits per heavy atom. The smallest absolute Gasteiger partial charge is 0.309 e. The Hall–Kier alpha value is -1.06. The fourth-order valence-corrected chi connectivity index (χ4v) is 2.04. The van der Waals surface area contributed by atoms with Crippen LogP contribution in [0, 0.1) is 17.8 Å². The number of ether oxygens (including phenoxy) is 1. The molecule has 0 spiro atoms. The SMILES string of the molecule is CC(C)C(C)OC(=O)C1CCCC(C(=O)O)C1. The summed E-state index contributed by atoms with van der Waals surface area (Å²) in [6.07, 6.45) is 2.56. The van der Waals surface area contributed by atoms with Gasteiger partial charge in [-0.05, 0) is 32.1 Å². The maximum atomic E-state index is 11.9. The monoisotopic (exact) mass is 242 g/mol. The maximum absolute atomic E-state index is 11.9. The minimum atomic E-state index is -0.792. The van der Waals surface area contributed by atoms with Gasteiger partial charge in [0.05, 0.1) is 11.8 Å². The Balaban J connectivity index is 2.49. The van der Waals surface area contributed by atoms with Crippen molar-refractivity contribution >= 4 is 11.9 Å². The van der Waals surface area contributed by atoms with E-state index in [9.17, 15) is 9.59 Å². The van der Waals surface area contributed by atoms with Gasteiger partial charge in [0.2, 0.25) is 0 Å². The van der Waals surface area contributed by atoms with Gasteiger partial charge >= 0.3 is 11.9 Å². The van der Waals surface area contributed by atoms with Crippen LogP contribution < -0.4 is 0 Å². The Morgan fingerprint density at radius 3 is 2.29 bits per heavy atom. The van der Waals surface area contributed by atoms with E-state index in [2.05, 4.69) is 0 Å². The van der Waals surface area contributed by atoms with Crippen molar-refractivity contribution in [2.75, 3.05) is 0 Å². The number of carbonyl (C=O) groups excluding carboxylic acids is 1. The second-order valence-electron chi connectivity index (χ2n) is 5.28. The molecule has 1 aliphatic carbocycles. The van der Waals surface area contributed by atoms with Gasteiger partial charge in [0, 0.05) is 0 Å². The summed E-state index contributed by atoms with van der Waals surface area (Å²) in [4.78, 5) is 22.8. The molecule has 0 aromatic carbocycles. The molecule has 3 unspecified atom stereocenters. The second kappa shape index (κ2) is 6.03. The standard InChI is InChI=1S/C13H22O4/c1-8(2)9(3)17-13(16)11-6-4-5-10(7-11)12(14)15/h8-11H,4-7H2,1-3H3,(H,14,15). The third-order valence-corrected chi connectivity index (χ3v) is 3.60. The van der Waals surface area contributed by atoms with Crippen LogP contribution >= 0.6 is 0 Å². The van der Waals surface area contributed by atoms with E-state index in [-0.39, 0.29) is 29.8 Å². The molecule has 0 radical (unpaired) electrons. The van der Waals surface area contributed by atoms with Gasteiger partial charge in [0.15, 0.2) is 0 Å². The molecule has 1 fully saturated rings. The zero-order valence-electron chi connectivity index (χ0n) is 10.8. The fourth-order valence-electron chi connectivity index (χ4n) is 2.04. The van der Waals surface area contributed by atoms with E-state index in [1.54, 1.807) is 0 Å². The predicted molar refractivity (Wildman–Crippen MR) is 63.5 cm³/mol. The summed E-state index contributed by atoms with van der Waals surface area (Å²) in [7, 11) is 0. The Morgan fingerprint density at radius 2 is 1.76 bits per heavy atom. The van der Waals surface area contributed by atoms with Gasteiger partial charge in [-0.25, -0.2) is 0 Å². The maximum Gasteiger partial charge on any atom is 0.309 e. The van der Waals surface area contributed by atoms with Crippen molar-refractivity contribution in [2.45, 2.75) is 52.6 Å². The molecule has 3 atom stereocenters. The number of esters is 1. The van der Waals surface area contributed by atoms with Crippen molar-refractivity contribution in [3.63, 3.8) is 0 Å². The van der Waals surface area contributed by atoms with E-state index in [1.807, 2.05) is 20.8 Å². The van der Waals surface area contributed by atoms with E-state index in [1.165, 1.54) is 0 Å². The number of hydrogen-bond acceptors (Lipinski definition) is 3. The van der Waals surface area contributed by atoms with Gasteiger partial charge < -0.3 is 9.84 Å². The molecule has 1 rings (SSSR count). The number of aliphatic carboxylic acids is 1. The number of rotatable bonds is 4. The molecule has 0 saturated heterocycles. The van der Waals surface area contributed by atoms with Crippen LogP contribution in [0.5, 0.6) is 0 Å². The lowest BCUT2D eigenvalue weighted by molar-refractivity contribution is -0.158. The first-order chi connectivity index (χ1) is 7.91. The first-order valence-corrected chi connectivity index (χ1v) is 6.35. The van der Waals surface area contributed by atoms with Crippen molar-refractivity contribution in [3.8, 4) is 0 Å². The largest absolute Gasteiger partial charge is 0.481 e. The molecule has 4 nitrogen and oxygen atoms in total. The molecule has 17 heavy (non-hydrogen) atoms. The molecular formula is C13H22O4. The molecular weight excluding hydrogens is 220 g/mol. The van der Waals surface area contributed by atoms with Crippen LogP contribution in [0.3, 0.4) is 0 Å². The van der Waals surface area contributed by atoms with Crippen molar-refractivity contribution in [3.05, 3.63) is 0 Å². The molecule has 0 amide bonds. The van der Waals surface area contributed by atoms with E-state index in [4.69, 9.17) is 9.84 Å². The molecule has 0 aliphatic heterocycles. The lowest BCUT2D eigenvalue weighted by Gasteiger charge is -2.27. The summed E-state index contributed by atoms with van der Waals surface area (Å²) in [5.41, 5.74) is 0. The zero-order valence-corrected chi connectivity index (χ0v) is 10.8. The second-order valence-corrected chi connectivity index (χ2v) is 5.28. The molecule has 1 saturated carbocycles. The van der Waals surface area contributed by atoms with E-state index in [0.29, 0.717) is 12.8 Å². The van der Waals surface area contributed by atoms with Gasteiger partial charge in [-0.1, -0.05) is 20.3 Å². The van der Waals surface area contributed by atoms with E-state index < -0.39 is 5.97 Å². The van der Waals surface area contributed by atoms with Crippen LogP contribution in [0.2, 0.25) is 0 Å². The van der Waals surface area contributed by atoms with Gasteiger partial charge in [0.25, 0.3) is 0 Å². The lowest BCUT2D eigenvalue weighted by atomic mass is 9.81. The van der Waals surface area contributed by atoms with Gasteiger partial charge in [-0.2, -0.15) is 0 Å². The van der Waals surface area contributed by atoms with Crippen molar-refractivity contribution in [2.24, 2.45) is 17.8 Å². The Labute approximate surface area is 102 Å². The molecule has 1 aliphatic rings. The van der Waals surface area contributed by atoms with Crippen LogP contribution in [0.25, 0.3) is 0 Å². The van der Waals surface area contributed by atoms with Crippen LogP contribution in [-0.4, -0.2) is 23.1 Å². The minimum Gasteiger partial charge on any atom is -0.481 e. The first-order valence-electron chi connectivity index (χ1n) is 6.35. The zero-order chi connectivity index (χ0) is 13.0. The highest BCUT2D eigenvalue weighted by Crippen LogP contribution is 2.30. The Bertz CT molecular complexity index is 285. The van der Waals surface area contributed by atoms with Gasteiger partial charge in [-0.3, -0.25) is 9.59 Å². The quantitative estimate of drug-likeness (QED) is 0.769. The topological polar surface area (TPSA) is 63.6 Å². The fraction of sp³-hybridized carbons (Fsp3) is 0.846. The Kier molecular flexibility index (Phi) is 4.97. The lowest BCUT2D eigenvalue weighted by Crippen LogP contribution is -2.31. The predicted octanol–water partition coefficient (Wildman–Crippen LogP) is 2.47. The summed E-state index contributed by atoms with van der Waals surface area (Å²) < 4.78 is 5.35. The van der Waals surface area contributed by atoms with Gasteiger partial charge in [-0.15, -0.1) is 0 Å². The van der Waals surface area contributed by atoms with Crippen molar-refractivity contribution in [1.82, 2.24) is 0 Å². The number of hydrogen-bond donors (Lipinski definition) is 1. The molecule has 1 N–H and O–H groups in total. The summed E-state index contributed by atoms with van der Waals surface area (Å²) in [5.74, 6) is -1.34. The molecule has 0 aromatic rings. The van der Waals surface area contributed by atoms with Crippen molar-refractivity contribution < 1.29 is 19.4 Å². The van der Waals surface area contributed by atoms with Gasteiger partial charge in [0.1, 0.15) is 6.10 Å². The molecule has 0 heterocycles. The highest BCUT2D eigenvalue weighted by atomic mass is 16.5. The van der Waals surface area contributed by atoms with Crippen molar-refractivity contribution in [1.29, 1.82) is 0 Å². The normalized spacial score (nSPS) is 26.6. The number of carboxylic acids is 1. The third-order valence-electron chi connectivity index (χ3n) is 3.60. The van der Waals surface area contributed by atoms with Crippen LogP contribution in [-0.2, 0) is 14.3 Å². The highest BCUT2D eigenvalue weighted by molar-refractivity contribution is 5.75. The average molecular weight is 242 g/mol. The first kappa shape index (κ1) is 14.0.